The first-order chi connectivity index (χ1) is 8.81. The summed E-state index contributed by atoms with van der Waals surface area (Å²) in [7, 11) is 1.73. The molecule has 0 amide bonds. The van der Waals surface area contributed by atoms with E-state index < -0.39 is 0 Å². The second kappa shape index (κ2) is 6.79. The summed E-state index contributed by atoms with van der Waals surface area (Å²) in [5.74, 6) is 1.90. The number of piperidine rings is 1. The maximum absolute atomic E-state index is 5.27. The van der Waals surface area contributed by atoms with Crippen LogP contribution in [0.4, 0.5) is 0 Å². The van der Waals surface area contributed by atoms with Gasteiger partial charge in [0.15, 0.2) is 0 Å². The molecule has 0 spiro atoms. The number of hydrogen-bond acceptors (Lipinski definition) is 2. The summed E-state index contributed by atoms with van der Waals surface area (Å²) < 4.78 is 5.27. The van der Waals surface area contributed by atoms with Gasteiger partial charge in [0.05, 0.1) is 7.11 Å². The van der Waals surface area contributed by atoms with E-state index in [2.05, 4.69) is 30.4 Å². The maximum atomic E-state index is 5.27. The average molecular weight is 247 g/mol. The van der Waals surface area contributed by atoms with Crippen LogP contribution in [0.3, 0.4) is 0 Å². The second-order valence-corrected chi connectivity index (χ2v) is 5.34. The quantitative estimate of drug-likeness (QED) is 0.861. The van der Waals surface area contributed by atoms with Gasteiger partial charge in [-0.05, 0) is 55.8 Å². The van der Waals surface area contributed by atoms with Gasteiger partial charge < -0.3 is 10.1 Å². The Balaban J connectivity index is 1.83. The summed E-state index contributed by atoms with van der Waals surface area (Å²) in [6.45, 7) is 3.51. The molecule has 2 atom stereocenters. The van der Waals surface area contributed by atoms with E-state index in [0.29, 0.717) is 6.04 Å². The van der Waals surface area contributed by atoms with E-state index in [9.17, 15) is 0 Å². The number of methoxy groups -OCH3 is 1. The summed E-state index contributed by atoms with van der Waals surface area (Å²) in [4.78, 5) is 0. The molecule has 1 aliphatic rings. The molecule has 1 heterocycles. The Morgan fingerprint density at radius 3 is 3.06 bits per heavy atom. The monoisotopic (exact) mass is 247 g/mol. The first-order valence-corrected chi connectivity index (χ1v) is 7.18. The predicted molar refractivity (Wildman–Crippen MR) is 76.1 cm³/mol. The van der Waals surface area contributed by atoms with Crippen molar-refractivity contribution in [2.75, 3.05) is 13.7 Å². The van der Waals surface area contributed by atoms with E-state index in [-0.39, 0.29) is 0 Å². The van der Waals surface area contributed by atoms with E-state index in [1.54, 1.807) is 7.11 Å². The van der Waals surface area contributed by atoms with Gasteiger partial charge in [-0.25, -0.2) is 0 Å². The fraction of sp³-hybridized carbons (Fsp3) is 0.625. The van der Waals surface area contributed by atoms with Crippen molar-refractivity contribution in [3.8, 4) is 5.75 Å². The number of hydrogen-bond donors (Lipinski definition) is 1. The van der Waals surface area contributed by atoms with Crippen molar-refractivity contribution in [3.05, 3.63) is 29.8 Å². The Morgan fingerprint density at radius 1 is 1.39 bits per heavy atom. The van der Waals surface area contributed by atoms with Crippen LogP contribution in [0.2, 0.25) is 0 Å². The number of nitrogens with one attached hydrogen (secondary N) is 1. The van der Waals surface area contributed by atoms with Gasteiger partial charge in [0.2, 0.25) is 0 Å². The Hall–Kier alpha value is -1.02. The van der Waals surface area contributed by atoms with E-state index in [0.717, 1.165) is 18.1 Å². The summed E-state index contributed by atoms with van der Waals surface area (Å²) >= 11 is 0. The van der Waals surface area contributed by atoms with Gasteiger partial charge in [-0.2, -0.15) is 0 Å². The molecule has 18 heavy (non-hydrogen) atoms. The van der Waals surface area contributed by atoms with E-state index in [1.165, 1.54) is 37.8 Å². The Bertz CT molecular complexity index is 364. The van der Waals surface area contributed by atoms with Crippen LogP contribution in [-0.4, -0.2) is 19.7 Å². The van der Waals surface area contributed by atoms with Crippen LogP contribution in [0.1, 0.15) is 38.2 Å². The molecule has 0 aliphatic carbocycles. The first-order valence-electron chi connectivity index (χ1n) is 7.18. The third kappa shape index (κ3) is 3.74. The molecule has 0 radical (unpaired) electrons. The van der Waals surface area contributed by atoms with Gasteiger partial charge in [-0.1, -0.05) is 25.5 Å². The fourth-order valence-electron chi connectivity index (χ4n) is 2.85. The molecule has 2 heteroatoms. The molecule has 2 nitrogen and oxygen atoms in total. The smallest absolute Gasteiger partial charge is 0.119 e. The molecule has 2 unspecified atom stereocenters. The topological polar surface area (TPSA) is 21.3 Å². The van der Waals surface area contributed by atoms with Crippen molar-refractivity contribution < 1.29 is 4.74 Å². The van der Waals surface area contributed by atoms with Crippen molar-refractivity contribution in [1.82, 2.24) is 5.32 Å². The minimum Gasteiger partial charge on any atom is -0.497 e. The molecule has 100 valence electrons. The number of benzene rings is 1. The molecule has 1 aromatic carbocycles. The Labute approximate surface area is 111 Å². The zero-order valence-corrected chi connectivity index (χ0v) is 11.6. The van der Waals surface area contributed by atoms with Crippen LogP contribution in [0, 0.1) is 5.92 Å². The van der Waals surface area contributed by atoms with Crippen LogP contribution >= 0.6 is 0 Å². The van der Waals surface area contributed by atoms with Crippen molar-refractivity contribution in [2.45, 2.75) is 45.1 Å². The van der Waals surface area contributed by atoms with E-state index in [1.807, 2.05) is 6.07 Å². The predicted octanol–water partition coefficient (Wildman–Crippen LogP) is 3.41. The molecule has 1 saturated heterocycles. The SMILES string of the molecule is CCC1CCNC(CCc2cccc(OC)c2)C1. The normalized spacial score (nSPS) is 23.9. The van der Waals surface area contributed by atoms with Gasteiger partial charge in [0.25, 0.3) is 0 Å². The fourth-order valence-corrected chi connectivity index (χ4v) is 2.85. The zero-order valence-electron chi connectivity index (χ0n) is 11.6. The van der Waals surface area contributed by atoms with Crippen LogP contribution in [-0.2, 0) is 6.42 Å². The van der Waals surface area contributed by atoms with Crippen LogP contribution in [0.5, 0.6) is 5.75 Å². The molecular weight excluding hydrogens is 222 g/mol. The molecule has 2 rings (SSSR count). The molecule has 1 fully saturated rings. The van der Waals surface area contributed by atoms with Crippen molar-refractivity contribution >= 4 is 0 Å². The van der Waals surface area contributed by atoms with Crippen LogP contribution in [0.25, 0.3) is 0 Å². The van der Waals surface area contributed by atoms with Crippen LogP contribution in [0.15, 0.2) is 24.3 Å². The number of aryl methyl sites for hydroxylation is 1. The highest BCUT2D eigenvalue weighted by Gasteiger charge is 2.19. The lowest BCUT2D eigenvalue weighted by Gasteiger charge is -2.29. The average Bonchev–Trinajstić information content (AvgIpc) is 2.45. The second-order valence-electron chi connectivity index (χ2n) is 5.34. The highest BCUT2D eigenvalue weighted by Crippen LogP contribution is 2.22. The highest BCUT2D eigenvalue weighted by atomic mass is 16.5. The van der Waals surface area contributed by atoms with Gasteiger partial charge in [0, 0.05) is 6.04 Å². The lowest BCUT2D eigenvalue weighted by atomic mass is 9.88. The maximum Gasteiger partial charge on any atom is 0.119 e. The Kier molecular flexibility index (Phi) is 5.06. The van der Waals surface area contributed by atoms with Crippen molar-refractivity contribution in [1.29, 1.82) is 0 Å². The molecule has 0 bridgehead atoms. The molecule has 1 N–H and O–H groups in total. The summed E-state index contributed by atoms with van der Waals surface area (Å²) in [6.07, 6.45) is 6.42. The van der Waals surface area contributed by atoms with Gasteiger partial charge in [-0.3, -0.25) is 0 Å². The minimum absolute atomic E-state index is 0.704. The summed E-state index contributed by atoms with van der Waals surface area (Å²) in [5, 5.41) is 3.65. The van der Waals surface area contributed by atoms with Crippen molar-refractivity contribution in [3.63, 3.8) is 0 Å². The lowest BCUT2D eigenvalue weighted by Crippen LogP contribution is -2.38. The van der Waals surface area contributed by atoms with Gasteiger partial charge in [-0.15, -0.1) is 0 Å². The molecule has 1 aromatic rings. The molecule has 0 aromatic heterocycles. The largest absolute Gasteiger partial charge is 0.497 e. The highest BCUT2D eigenvalue weighted by molar-refractivity contribution is 5.28. The van der Waals surface area contributed by atoms with E-state index >= 15 is 0 Å². The molecule has 1 aliphatic heterocycles. The number of rotatable bonds is 5. The van der Waals surface area contributed by atoms with E-state index in [4.69, 9.17) is 4.74 Å². The third-order valence-corrected chi connectivity index (χ3v) is 4.10. The third-order valence-electron chi connectivity index (χ3n) is 4.10. The standard InChI is InChI=1S/C16H25NO/c1-3-13-9-10-17-15(11-13)8-7-14-5-4-6-16(12-14)18-2/h4-6,12-13,15,17H,3,7-11H2,1-2H3. The molecular formula is C16H25NO. The lowest BCUT2D eigenvalue weighted by molar-refractivity contribution is 0.285. The summed E-state index contributed by atoms with van der Waals surface area (Å²) in [6, 6.07) is 9.14. The number of ether oxygens (including phenoxy) is 1. The van der Waals surface area contributed by atoms with Gasteiger partial charge >= 0.3 is 0 Å². The molecule has 0 saturated carbocycles. The first kappa shape index (κ1) is 13.4. The van der Waals surface area contributed by atoms with Crippen molar-refractivity contribution in [2.24, 2.45) is 5.92 Å². The summed E-state index contributed by atoms with van der Waals surface area (Å²) in [5.41, 5.74) is 1.38. The van der Waals surface area contributed by atoms with Gasteiger partial charge in [0.1, 0.15) is 5.75 Å². The van der Waals surface area contributed by atoms with Crippen LogP contribution < -0.4 is 10.1 Å². The Morgan fingerprint density at radius 2 is 2.28 bits per heavy atom. The minimum atomic E-state index is 0.704. The zero-order chi connectivity index (χ0) is 12.8.